The summed E-state index contributed by atoms with van der Waals surface area (Å²) in [6.07, 6.45) is 4.67. The molecule has 1 aliphatic carbocycles. The number of para-hydroxylation sites is 1. The number of carbonyl (C=O) groups is 2. The molecule has 25 heavy (non-hydrogen) atoms. The predicted molar refractivity (Wildman–Crippen MR) is 96.3 cm³/mol. The molecule has 0 bridgehead atoms. The van der Waals surface area contributed by atoms with Crippen LogP contribution in [-0.2, 0) is 14.3 Å². The topological polar surface area (TPSA) is 55.8 Å². The average molecular weight is 347 g/mol. The first-order chi connectivity index (χ1) is 12.1. The average Bonchev–Trinajstić information content (AvgIpc) is 2.62. The first-order valence-electron chi connectivity index (χ1n) is 9.24. The van der Waals surface area contributed by atoms with Crippen molar-refractivity contribution in [2.75, 3.05) is 19.8 Å². The van der Waals surface area contributed by atoms with Gasteiger partial charge in [0, 0.05) is 12.6 Å². The molecule has 138 valence electrons. The number of benzene rings is 1. The lowest BCUT2D eigenvalue weighted by Crippen LogP contribution is -2.48. The predicted octanol–water partition coefficient (Wildman–Crippen LogP) is 3.43. The van der Waals surface area contributed by atoms with Crippen LogP contribution in [0.5, 0.6) is 5.75 Å². The van der Waals surface area contributed by atoms with Crippen molar-refractivity contribution >= 4 is 11.9 Å². The van der Waals surface area contributed by atoms with E-state index in [4.69, 9.17) is 9.47 Å². The van der Waals surface area contributed by atoms with Gasteiger partial charge in [0.05, 0.1) is 13.0 Å². The fourth-order valence-electron chi connectivity index (χ4n) is 3.42. The summed E-state index contributed by atoms with van der Waals surface area (Å²) in [4.78, 5) is 26.3. The Kier molecular flexibility index (Phi) is 7.76. The highest BCUT2D eigenvalue weighted by molar-refractivity contribution is 5.79. The molecule has 0 aromatic heterocycles. The van der Waals surface area contributed by atoms with Gasteiger partial charge in [-0.15, -0.1) is 0 Å². The summed E-state index contributed by atoms with van der Waals surface area (Å²) < 4.78 is 10.6. The quantitative estimate of drug-likeness (QED) is 0.676. The Balaban J connectivity index is 1.98. The molecule has 0 radical (unpaired) electrons. The molecule has 1 aromatic carbocycles. The summed E-state index contributed by atoms with van der Waals surface area (Å²) in [6, 6.07) is 9.50. The second-order valence-corrected chi connectivity index (χ2v) is 6.57. The van der Waals surface area contributed by atoms with Crippen LogP contribution in [0.1, 0.15) is 46.0 Å². The smallest absolute Gasteiger partial charge is 0.307 e. The van der Waals surface area contributed by atoms with Crippen LogP contribution in [0.3, 0.4) is 0 Å². The highest BCUT2D eigenvalue weighted by Crippen LogP contribution is 2.28. The van der Waals surface area contributed by atoms with Gasteiger partial charge in [0.2, 0.25) is 0 Å². The maximum atomic E-state index is 12.8. The Bertz CT molecular complexity index is 546. The van der Waals surface area contributed by atoms with Crippen molar-refractivity contribution in [2.45, 2.75) is 52.0 Å². The monoisotopic (exact) mass is 347 g/mol. The molecule has 0 aliphatic heterocycles. The van der Waals surface area contributed by atoms with Crippen molar-refractivity contribution in [2.24, 2.45) is 5.92 Å². The highest BCUT2D eigenvalue weighted by atomic mass is 16.5. The van der Waals surface area contributed by atoms with Gasteiger partial charge in [-0.05, 0) is 37.8 Å². The van der Waals surface area contributed by atoms with E-state index in [9.17, 15) is 9.59 Å². The van der Waals surface area contributed by atoms with E-state index in [0.29, 0.717) is 24.8 Å². The Labute approximate surface area is 150 Å². The number of rotatable bonds is 8. The summed E-state index contributed by atoms with van der Waals surface area (Å²) >= 11 is 0. The van der Waals surface area contributed by atoms with Crippen LogP contribution in [0.15, 0.2) is 30.3 Å². The number of hydrogen-bond acceptors (Lipinski definition) is 4. The normalized spacial score (nSPS) is 19.9. The minimum atomic E-state index is -0.257. The van der Waals surface area contributed by atoms with Crippen LogP contribution in [0, 0.1) is 5.92 Å². The largest absolute Gasteiger partial charge is 0.484 e. The van der Waals surface area contributed by atoms with Gasteiger partial charge in [-0.2, -0.15) is 0 Å². The minimum Gasteiger partial charge on any atom is -0.484 e. The van der Waals surface area contributed by atoms with Crippen molar-refractivity contribution in [3.8, 4) is 5.75 Å². The molecule has 1 fully saturated rings. The first kappa shape index (κ1) is 19.3. The van der Waals surface area contributed by atoms with E-state index in [1.54, 1.807) is 6.92 Å². The fourth-order valence-corrected chi connectivity index (χ4v) is 3.42. The lowest BCUT2D eigenvalue weighted by atomic mass is 9.84. The van der Waals surface area contributed by atoms with E-state index in [1.165, 1.54) is 6.42 Å². The van der Waals surface area contributed by atoms with Crippen LogP contribution in [0.4, 0.5) is 0 Å². The molecule has 0 spiro atoms. The second kappa shape index (κ2) is 10.1. The lowest BCUT2D eigenvalue weighted by Gasteiger charge is -2.38. The van der Waals surface area contributed by atoms with E-state index in [-0.39, 0.29) is 30.9 Å². The molecule has 1 aliphatic rings. The van der Waals surface area contributed by atoms with Crippen LogP contribution >= 0.6 is 0 Å². The highest BCUT2D eigenvalue weighted by Gasteiger charge is 2.30. The van der Waals surface area contributed by atoms with Crippen molar-refractivity contribution in [1.29, 1.82) is 0 Å². The minimum absolute atomic E-state index is 0.00391. The SMILES string of the molecule is CCOC(=O)CCN(C(=O)COc1ccccc1)C1CCCCC1C. The summed E-state index contributed by atoms with van der Waals surface area (Å²) in [5.74, 6) is 0.800. The van der Waals surface area contributed by atoms with Crippen LogP contribution in [-0.4, -0.2) is 42.6 Å². The van der Waals surface area contributed by atoms with Gasteiger partial charge in [-0.1, -0.05) is 38.0 Å². The Morgan fingerprint density at radius 2 is 1.88 bits per heavy atom. The van der Waals surface area contributed by atoms with E-state index >= 15 is 0 Å². The van der Waals surface area contributed by atoms with Crippen molar-refractivity contribution in [1.82, 2.24) is 4.90 Å². The van der Waals surface area contributed by atoms with Crippen LogP contribution < -0.4 is 4.74 Å². The molecule has 0 saturated heterocycles. The fraction of sp³-hybridized carbons (Fsp3) is 0.600. The van der Waals surface area contributed by atoms with E-state index in [2.05, 4.69) is 6.92 Å². The van der Waals surface area contributed by atoms with Crippen molar-refractivity contribution in [3.63, 3.8) is 0 Å². The molecule has 1 amide bonds. The molecular weight excluding hydrogens is 318 g/mol. The molecular formula is C20H29NO4. The van der Waals surface area contributed by atoms with Gasteiger partial charge < -0.3 is 14.4 Å². The van der Waals surface area contributed by atoms with Gasteiger partial charge in [-0.3, -0.25) is 9.59 Å². The summed E-state index contributed by atoms with van der Waals surface area (Å²) in [7, 11) is 0. The number of hydrogen-bond donors (Lipinski definition) is 0. The third-order valence-corrected chi connectivity index (χ3v) is 4.75. The third-order valence-electron chi connectivity index (χ3n) is 4.75. The lowest BCUT2D eigenvalue weighted by molar-refractivity contribution is -0.145. The molecule has 2 unspecified atom stereocenters. The van der Waals surface area contributed by atoms with Gasteiger partial charge in [-0.25, -0.2) is 0 Å². The number of ether oxygens (including phenoxy) is 2. The third kappa shape index (κ3) is 6.07. The van der Waals surface area contributed by atoms with Crippen LogP contribution in [0.25, 0.3) is 0 Å². The zero-order valence-electron chi connectivity index (χ0n) is 15.3. The van der Waals surface area contributed by atoms with Gasteiger partial charge in [0.1, 0.15) is 5.75 Å². The van der Waals surface area contributed by atoms with Crippen LogP contribution in [0.2, 0.25) is 0 Å². The first-order valence-corrected chi connectivity index (χ1v) is 9.24. The number of amides is 1. The van der Waals surface area contributed by atoms with E-state index < -0.39 is 0 Å². The molecule has 1 saturated carbocycles. The molecule has 2 atom stereocenters. The molecule has 5 heteroatoms. The van der Waals surface area contributed by atoms with Gasteiger partial charge >= 0.3 is 5.97 Å². The Morgan fingerprint density at radius 3 is 2.56 bits per heavy atom. The zero-order valence-corrected chi connectivity index (χ0v) is 15.3. The standard InChI is InChI=1S/C20H29NO4/c1-3-24-20(23)13-14-21(18-12-8-7-9-16(18)2)19(22)15-25-17-10-5-4-6-11-17/h4-6,10-11,16,18H,3,7-9,12-15H2,1-2H3. The second-order valence-electron chi connectivity index (χ2n) is 6.57. The molecule has 1 aromatic rings. The maximum Gasteiger partial charge on any atom is 0.307 e. The van der Waals surface area contributed by atoms with Crippen molar-refractivity contribution in [3.05, 3.63) is 30.3 Å². The van der Waals surface area contributed by atoms with E-state index in [0.717, 1.165) is 19.3 Å². The zero-order chi connectivity index (χ0) is 18.1. The Hall–Kier alpha value is -2.04. The molecule has 5 nitrogen and oxygen atoms in total. The van der Waals surface area contributed by atoms with Gasteiger partial charge in [0.25, 0.3) is 5.91 Å². The molecule has 2 rings (SSSR count). The molecule has 0 heterocycles. The van der Waals surface area contributed by atoms with Crippen molar-refractivity contribution < 1.29 is 19.1 Å². The summed E-state index contributed by atoms with van der Waals surface area (Å²) in [5.41, 5.74) is 0. The number of carbonyl (C=O) groups excluding carboxylic acids is 2. The molecule has 0 N–H and O–H groups in total. The summed E-state index contributed by atoms with van der Waals surface area (Å²) in [5, 5.41) is 0. The number of esters is 1. The van der Waals surface area contributed by atoms with E-state index in [1.807, 2.05) is 35.2 Å². The summed E-state index contributed by atoms with van der Waals surface area (Å²) in [6.45, 7) is 4.73. The Morgan fingerprint density at radius 1 is 1.16 bits per heavy atom. The number of nitrogens with zero attached hydrogens (tertiary/aromatic N) is 1. The van der Waals surface area contributed by atoms with Gasteiger partial charge in [0.15, 0.2) is 6.61 Å². The maximum absolute atomic E-state index is 12.8.